The van der Waals surface area contributed by atoms with Crippen LogP contribution in [0.5, 0.6) is 0 Å². The van der Waals surface area contributed by atoms with E-state index in [1.165, 1.54) is 0 Å². The highest BCUT2D eigenvalue weighted by Gasteiger charge is 2.11. The van der Waals surface area contributed by atoms with Crippen LogP contribution in [0.1, 0.15) is 19.5 Å². The summed E-state index contributed by atoms with van der Waals surface area (Å²) in [7, 11) is 0. The van der Waals surface area contributed by atoms with Gasteiger partial charge in [0.2, 0.25) is 0 Å². The summed E-state index contributed by atoms with van der Waals surface area (Å²) in [5.74, 6) is 0. The van der Waals surface area contributed by atoms with E-state index in [-0.39, 0.29) is 0 Å². The molecule has 0 spiro atoms. The third-order valence-electron chi connectivity index (χ3n) is 2.61. The van der Waals surface area contributed by atoms with E-state index in [1.54, 1.807) is 23.1 Å². The normalized spacial score (nSPS) is 10.1. The molecule has 0 saturated carbocycles. The number of nitrogens with zero attached hydrogens (tertiary/aromatic N) is 4. The van der Waals surface area contributed by atoms with Gasteiger partial charge in [0.25, 0.3) is 0 Å². The maximum Gasteiger partial charge on any atom is 0.162 e. The zero-order valence-corrected chi connectivity index (χ0v) is 12.7. The molecule has 0 unspecified atom stereocenters. The number of pyridine rings is 1. The van der Waals surface area contributed by atoms with E-state index >= 15 is 0 Å². The molecule has 0 aliphatic rings. The maximum absolute atomic E-state index is 4.52. The summed E-state index contributed by atoms with van der Waals surface area (Å²) in [4.78, 5) is 8.54. The van der Waals surface area contributed by atoms with Gasteiger partial charge in [-0.05, 0) is 46.6 Å². The van der Waals surface area contributed by atoms with Gasteiger partial charge in [-0.3, -0.25) is 4.98 Å². The van der Waals surface area contributed by atoms with Gasteiger partial charge >= 0.3 is 0 Å². The molecular weight excluding hydrogens is 304 g/mol. The molecule has 3 aromatic heterocycles. The van der Waals surface area contributed by atoms with Gasteiger partial charge in [0, 0.05) is 24.2 Å². The smallest absolute Gasteiger partial charge is 0.162 e. The molecule has 19 heavy (non-hydrogen) atoms. The summed E-state index contributed by atoms with van der Waals surface area (Å²) < 4.78 is 2.69. The number of halogens is 1. The number of fused-ring (bicyclic) bond motifs is 1. The van der Waals surface area contributed by atoms with Crippen molar-refractivity contribution in [2.75, 3.05) is 0 Å². The highest BCUT2D eigenvalue weighted by Crippen LogP contribution is 2.26. The van der Waals surface area contributed by atoms with Crippen molar-refractivity contribution < 1.29 is 0 Å². The average molecular weight is 319 g/mol. The minimum atomic E-state index is 0.850. The predicted molar refractivity (Wildman–Crippen MR) is 80.0 cm³/mol. The van der Waals surface area contributed by atoms with Crippen LogP contribution < -0.4 is 0 Å². The van der Waals surface area contributed by atoms with Gasteiger partial charge in [0.15, 0.2) is 5.65 Å². The van der Waals surface area contributed by atoms with Crippen molar-refractivity contribution in [3.05, 3.63) is 47.1 Å². The molecule has 4 nitrogen and oxygen atoms in total. The molecule has 0 aliphatic carbocycles. The van der Waals surface area contributed by atoms with E-state index in [2.05, 4.69) is 31.0 Å². The molecule has 98 valence electrons. The first-order chi connectivity index (χ1) is 9.27. The lowest BCUT2D eigenvalue weighted by Gasteiger charge is -2.02. The zero-order chi connectivity index (χ0) is 13.8. The monoisotopic (exact) mass is 318 g/mol. The maximum atomic E-state index is 4.52. The number of imidazole rings is 1. The summed E-state index contributed by atoms with van der Waals surface area (Å²) >= 11 is 3.48. The van der Waals surface area contributed by atoms with Crippen LogP contribution >= 0.6 is 15.9 Å². The SMILES string of the molecule is CC.Cc1nc2c(-c3ccncc3)ccnn2c1Br. The molecule has 0 radical (unpaired) electrons. The van der Waals surface area contributed by atoms with Gasteiger partial charge in [-0.15, -0.1) is 0 Å². The lowest BCUT2D eigenvalue weighted by Crippen LogP contribution is -1.93. The van der Waals surface area contributed by atoms with Crippen LogP contribution in [-0.4, -0.2) is 19.6 Å². The predicted octanol–water partition coefficient (Wildman–Crippen LogP) is 3.89. The molecule has 0 saturated heterocycles. The van der Waals surface area contributed by atoms with Gasteiger partial charge < -0.3 is 0 Å². The Morgan fingerprint density at radius 1 is 1.05 bits per heavy atom. The summed E-state index contributed by atoms with van der Waals surface area (Å²) in [5, 5.41) is 4.28. The number of hydrogen-bond donors (Lipinski definition) is 0. The lowest BCUT2D eigenvalue weighted by molar-refractivity contribution is 0.914. The van der Waals surface area contributed by atoms with Gasteiger partial charge in [-0.2, -0.15) is 5.10 Å². The van der Waals surface area contributed by atoms with Crippen molar-refractivity contribution in [3.63, 3.8) is 0 Å². The first kappa shape index (κ1) is 13.7. The van der Waals surface area contributed by atoms with Crippen LogP contribution in [-0.2, 0) is 0 Å². The number of hydrogen-bond acceptors (Lipinski definition) is 3. The summed E-state index contributed by atoms with van der Waals surface area (Å²) in [6, 6.07) is 5.89. The third-order valence-corrected chi connectivity index (χ3v) is 3.52. The highest BCUT2D eigenvalue weighted by atomic mass is 79.9. The molecule has 0 amide bonds. The lowest BCUT2D eigenvalue weighted by atomic mass is 10.1. The van der Waals surface area contributed by atoms with Crippen molar-refractivity contribution in [1.29, 1.82) is 0 Å². The molecule has 3 heterocycles. The Morgan fingerprint density at radius 2 is 1.74 bits per heavy atom. The Morgan fingerprint density at radius 3 is 2.42 bits per heavy atom. The highest BCUT2D eigenvalue weighted by molar-refractivity contribution is 9.10. The summed E-state index contributed by atoms with van der Waals surface area (Å²) in [5.41, 5.74) is 3.92. The van der Waals surface area contributed by atoms with Crippen LogP contribution in [0.2, 0.25) is 0 Å². The van der Waals surface area contributed by atoms with E-state index in [0.717, 1.165) is 27.1 Å². The van der Waals surface area contributed by atoms with Gasteiger partial charge in [-0.25, -0.2) is 9.50 Å². The zero-order valence-electron chi connectivity index (χ0n) is 11.1. The topological polar surface area (TPSA) is 43.1 Å². The van der Waals surface area contributed by atoms with E-state index in [4.69, 9.17) is 0 Å². The Bertz CT molecular complexity index is 676. The van der Waals surface area contributed by atoms with Crippen LogP contribution in [0, 0.1) is 6.92 Å². The van der Waals surface area contributed by atoms with Gasteiger partial charge in [0.05, 0.1) is 5.69 Å². The van der Waals surface area contributed by atoms with Crippen molar-refractivity contribution in [1.82, 2.24) is 19.6 Å². The molecule has 0 aliphatic heterocycles. The standard InChI is InChI=1S/C12H9BrN4.C2H6/c1-8-11(13)17-12(16-8)10(4-7-15-17)9-2-5-14-6-3-9;1-2/h2-7H,1H3;1-2H3. The first-order valence-electron chi connectivity index (χ1n) is 6.17. The number of aromatic nitrogens is 4. The second-order valence-electron chi connectivity index (χ2n) is 3.70. The fourth-order valence-corrected chi connectivity index (χ4v) is 2.13. The van der Waals surface area contributed by atoms with Crippen molar-refractivity contribution in [2.45, 2.75) is 20.8 Å². The number of aryl methyl sites for hydroxylation is 1. The molecule has 3 aromatic rings. The van der Waals surface area contributed by atoms with Crippen molar-refractivity contribution >= 4 is 21.6 Å². The molecule has 0 bridgehead atoms. The van der Waals surface area contributed by atoms with Crippen molar-refractivity contribution in [3.8, 4) is 11.1 Å². The second kappa shape index (κ2) is 5.93. The van der Waals surface area contributed by atoms with E-state index in [0.29, 0.717) is 0 Å². The van der Waals surface area contributed by atoms with Crippen LogP contribution in [0.25, 0.3) is 16.8 Å². The van der Waals surface area contributed by atoms with E-state index in [1.807, 2.05) is 39.0 Å². The van der Waals surface area contributed by atoms with Crippen LogP contribution in [0.15, 0.2) is 41.4 Å². The summed E-state index contributed by atoms with van der Waals surface area (Å²) in [6.45, 7) is 5.95. The average Bonchev–Trinajstić information content (AvgIpc) is 2.78. The second-order valence-corrected chi connectivity index (χ2v) is 4.46. The Kier molecular flexibility index (Phi) is 4.27. The Balaban J connectivity index is 0.000000637. The van der Waals surface area contributed by atoms with Gasteiger partial charge in [0.1, 0.15) is 4.60 Å². The molecule has 0 atom stereocenters. The van der Waals surface area contributed by atoms with Crippen LogP contribution in [0.3, 0.4) is 0 Å². The molecule has 0 aromatic carbocycles. The Hall–Kier alpha value is -1.75. The third kappa shape index (κ3) is 2.51. The summed E-state index contributed by atoms with van der Waals surface area (Å²) in [6.07, 6.45) is 5.32. The fraction of sp³-hybridized carbons (Fsp3) is 0.214. The van der Waals surface area contributed by atoms with Crippen LogP contribution in [0.4, 0.5) is 0 Å². The minimum Gasteiger partial charge on any atom is -0.265 e. The van der Waals surface area contributed by atoms with Gasteiger partial charge in [-0.1, -0.05) is 13.8 Å². The quantitative estimate of drug-likeness (QED) is 0.683. The van der Waals surface area contributed by atoms with Crippen molar-refractivity contribution in [2.24, 2.45) is 0 Å². The molecule has 0 fully saturated rings. The largest absolute Gasteiger partial charge is 0.265 e. The Labute approximate surface area is 120 Å². The molecule has 0 N–H and O–H groups in total. The van der Waals surface area contributed by atoms with E-state index in [9.17, 15) is 0 Å². The number of rotatable bonds is 1. The first-order valence-corrected chi connectivity index (χ1v) is 6.97. The molecular formula is C14H15BrN4. The fourth-order valence-electron chi connectivity index (χ4n) is 1.78. The molecule has 5 heteroatoms. The molecule has 3 rings (SSSR count). The minimum absolute atomic E-state index is 0.850. The van der Waals surface area contributed by atoms with E-state index < -0.39 is 0 Å².